The Kier molecular flexibility index (Phi) is 5.05. The highest BCUT2D eigenvalue weighted by atomic mass is 16.5. The van der Waals surface area contributed by atoms with Gasteiger partial charge in [0.25, 0.3) is 0 Å². The molecule has 1 aliphatic rings. The normalized spacial score (nSPS) is 20.3. The lowest BCUT2D eigenvalue weighted by Crippen LogP contribution is -2.35. The van der Waals surface area contributed by atoms with Crippen molar-refractivity contribution in [2.45, 2.75) is 32.0 Å². The number of hydrogen-bond acceptors (Lipinski definition) is 6. The topological polar surface area (TPSA) is 65.6 Å². The Morgan fingerprint density at radius 3 is 2.87 bits per heavy atom. The van der Waals surface area contributed by atoms with Crippen molar-refractivity contribution in [3.05, 3.63) is 47.6 Å². The second kappa shape index (κ2) is 7.21. The molecule has 1 aromatic carbocycles. The van der Waals surface area contributed by atoms with E-state index in [9.17, 15) is 5.11 Å². The van der Waals surface area contributed by atoms with Crippen molar-refractivity contribution in [2.24, 2.45) is 0 Å². The molecule has 0 unspecified atom stereocenters. The minimum atomic E-state index is -0.430. The summed E-state index contributed by atoms with van der Waals surface area (Å²) in [5, 5.41) is 14.3. The summed E-state index contributed by atoms with van der Waals surface area (Å²) in [6.45, 7) is 5.13. The Balaban J connectivity index is 1.50. The fraction of sp³-hybridized carbons (Fsp3) is 0.529. The lowest BCUT2D eigenvalue weighted by Gasteiger charge is -2.24. The molecule has 2 heterocycles. The molecule has 6 heteroatoms. The number of nitrogens with zero attached hydrogens (tertiary/aromatic N) is 4. The summed E-state index contributed by atoms with van der Waals surface area (Å²) in [5.74, 6) is 1.33. The number of hydrogen-bond donors (Lipinski definition) is 1. The van der Waals surface area contributed by atoms with E-state index in [1.54, 1.807) is 6.92 Å². The van der Waals surface area contributed by atoms with Gasteiger partial charge in [0.05, 0.1) is 12.6 Å². The van der Waals surface area contributed by atoms with Gasteiger partial charge in [0, 0.05) is 26.1 Å². The monoisotopic (exact) mass is 316 g/mol. The lowest BCUT2D eigenvalue weighted by molar-refractivity contribution is 0.120. The van der Waals surface area contributed by atoms with Crippen molar-refractivity contribution < 1.29 is 9.63 Å². The van der Waals surface area contributed by atoms with Crippen LogP contribution in [0.5, 0.6) is 0 Å². The third kappa shape index (κ3) is 4.16. The van der Waals surface area contributed by atoms with E-state index in [0.29, 0.717) is 25.0 Å². The first-order chi connectivity index (χ1) is 11.1. The molecule has 3 rings (SSSR count). The zero-order valence-electron chi connectivity index (χ0n) is 13.7. The maximum atomic E-state index is 10.4. The van der Waals surface area contributed by atoms with Crippen LogP contribution in [0.3, 0.4) is 0 Å². The first kappa shape index (κ1) is 16.1. The van der Waals surface area contributed by atoms with Crippen LogP contribution in [0.15, 0.2) is 34.9 Å². The van der Waals surface area contributed by atoms with E-state index in [1.165, 1.54) is 0 Å². The summed E-state index contributed by atoms with van der Waals surface area (Å²) >= 11 is 0. The molecule has 0 aliphatic carbocycles. The fourth-order valence-electron chi connectivity index (χ4n) is 3.12. The molecule has 2 atom stereocenters. The first-order valence-electron chi connectivity index (χ1n) is 8.06. The largest absolute Gasteiger partial charge is 0.387 e. The molecule has 1 aromatic heterocycles. The molecular weight excluding hydrogens is 292 g/mol. The minimum absolute atomic E-state index is 0.430. The Bertz CT molecular complexity index is 616. The number of rotatable bonds is 6. The quantitative estimate of drug-likeness (QED) is 0.873. The van der Waals surface area contributed by atoms with Crippen molar-refractivity contribution >= 4 is 0 Å². The van der Waals surface area contributed by atoms with Crippen molar-refractivity contribution in [3.8, 4) is 0 Å². The molecule has 1 N–H and O–H groups in total. The van der Waals surface area contributed by atoms with Gasteiger partial charge in [0.15, 0.2) is 5.82 Å². The standard InChI is InChI=1S/C17H24N4O2/c1-13-18-17(19-23-13)12-20(2)15-8-9-21(10-15)11-16(22)14-6-4-3-5-7-14/h3-7,15-16,22H,8-12H2,1-2H3/t15-,16-/m1/s1. The number of aromatic nitrogens is 2. The number of aliphatic hydroxyl groups is 1. The zero-order chi connectivity index (χ0) is 16.2. The van der Waals surface area contributed by atoms with Crippen LogP contribution in [0.25, 0.3) is 0 Å². The molecule has 23 heavy (non-hydrogen) atoms. The van der Waals surface area contributed by atoms with Crippen molar-refractivity contribution in [1.82, 2.24) is 19.9 Å². The second-order valence-corrected chi connectivity index (χ2v) is 6.27. The van der Waals surface area contributed by atoms with Gasteiger partial charge < -0.3 is 9.63 Å². The smallest absolute Gasteiger partial charge is 0.223 e. The van der Waals surface area contributed by atoms with Gasteiger partial charge in [0.1, 0.15) is 0 Å². The van der Waals surface area contributed by atoms with Crippen LogP contribution >= 0.6 is 0 Å². The molecule has 124 valence electrons. The molecule has 2 aromatic rings. The lowest BCUT2D eigenvalue weighted by atomic mass is 10.1. The Hall–Kier alpha value is -1.76. The molecule has 0 radical (unpaired) electrons. The van der Waals surface area contributed by atoms with Crippen LogP contribution in [-0.2, 0) is 6.54 Å². The van der Waals surface area contributed by atoms with E-state index in [2.05, 4.69) is 27.0 Å². The summed E-state index contributed by atoms with van der Waals surface area (Å²) in [6.07, 6.45) is 0.662. The van der Waals surface area contributed by atoms with E-state index >= 15 is 0 Å². The van der Waals surface area contributed by atoms with E-state index in [4.69, 9.17) is 4.52 Å². The third-order valence-electron chi connectivity index (χ3n) is 4.45. The van der Waals surface area contributed by atoms with Gasteiger partial charge in [-0.1, -0.05) is 35.5 Å². The highest BCUT2D eigenvalue weighted by molar-refractivity contribution is 5.17. The van der Waals surface area contributed by atoms with Crippen LogP contribution < -0.4 is 0 Å². The maximum absolute atomic E-state index is 10.4. The molecule has 1 saturated heterocycles. The number of benzene rings is 1. The van der Waals surface area contributed by atoms with E-state index < -0.39 is 6.10 Å². The highest BCUT2D eigenvalue weighted by Crippen LogP contribution is 2.20. The summed E-state index contributed by atoms with van der Waals surface area (Å²) in [4.78, 5) is 8.84. The average molecular weight is 316 g/mol. The van der Waals surface area contributed by atoms with Crippen LogP contribution in [0, 0.1) is 6.92 Å². The van der Waals surface area contributed by atoms with E-state index in [-0.39, 0.29) is 0 Å². The SMILES string of the molecule is Cc1nc(CN(C)[C@@H]2CCN(C[C@@H](O)c3ccccc3)C2)no1. The molecule has 6 nitrogen and oxygen atoms in total. The Morgan fingerprint density at radius 2 is 2.17 bits per heavy atom. The third-order valence-corrected chi connectivity index (χ3v) is 4.45. The van der Waals surface area contributed by atoms with Crippen molar-refractivity contribution in [1.29, 1.82) is 0 Å². The van der Waals surface area contributed by atoms with Crippen molar-refractivity contribution in [3.63, 3.8) is 0 Å². The van der Waals surface area contributed by atoms with Gasteiger partial charge in [-0.15, -0.1) is 0 Å². The summed E-state index contributed by atoms with van der Waals surface area (Å²) in [6, 6.07) is 10.3. The molecule has 0 bridgehead atoms. The summed E-state index contributed by atoms with van der Waals surface area (Å²) < 4.78 is 5.02. The molecule has 1 aliphatic heterocycles. The summed E-state index contributed by atoms with van der Waals surface area (Å²) in [5.41, 5.74) is 0.978. The van der Waals surface area contributed by atoms with Gasteiger partial charge in [0.2, 0.25) is 5.89 Å². The van der Waals surface area contributed by atoms with E-state index in [0.717, 1.165) is 30.9 Å². The van der Waals surface area contributed by atoms with Gasteiger partial charge in [-0.05, 0) is 25.6 Å². The van der Waals surface area contributed by atoms with Crippen molar-refractivity contribution in [2.75, 3.05) is 26.7 Å². The Morgan fingerprint density at radius 1 is 1.39 bits per heavy atom. The second-order valence-electron chi connectivity index (χ2n) is 6.27. The van der Waals surface area contributed by atoms with Gasteiger partial charge in [-0.2, -0.15) is 4.98 Å². The minimum Gasteiger partial charge on any atom is -0.387 e. The number of likely N-dealkylation sites (N-methyl/N-ethyl adjacent to an activating group) is 1. The van der Waals surface area contributed by atoms with E-state index in [1.807, 2.05) is 30.3 Å². The zero-order valence-corrected chi connectivity index (χ0v) is 13.7. The van der Waals surface area contributed by atoms with Gasteiger partial charge >= 0.3 is 0 Å². The van der Waals surface area contributed by atoms with Crippen LogP contribution in [0.1, 0.15) is 29.8 Å². The average Bonchev–Trinajstić information content (AvgIpc) is 3.17. The predicted molar refractivity (Wildman–Crippen MR) is 86.7 cm³/mol. The highest BCUT2D eigenvalue weighted by Gasteiger charge is 2.27. The molecule has 0 amide bonds. The molecular formula is C17H24N4O2. The number of aryl methyl sites for hydroxylation is 1. The maximum Gasteiger partial charge on any atom is 0.223 e. The summed E-state index contributed by atoms with van der Waals surface area (Å²) in [7, 11) is 2.09. The number of aliphatic hydroxyl groups excluding tert-OH is 1. The molecule has 1 fully saturated rings. The predicted octanol–water partition coefficient (Wildman–Crippen LogP) is 1.62. The number of likely N-dealkylation sites (tertiary alicyclic amines) is 1. The fourth-order valence-corrected chi connectivity index (χ4v) is 3.12. The van der Waals surface area contributed by atoms with Gasteiger partial charge in [-0.3, -0.25) is 9.80 Å². The van der Waals surface area contributed by atoms with Crippen LogP contribution in [-0.4, -0.2) is 57.8 Å². The molecule has 0 saturated carbocycles. The van der Waals surface area contributed by atoms with Crippen LogP contribution in [0.2, 0.25) is 0 Å². The van der Waals surface area contributed by atoms with Crippen LogP contribution in [0.4, 0.5) is 0 Å². The first-order valence-corrected chi connectivity index (χ1v) is 8.06. The molecule has 0 spiro atoms. The Labute approximate surface area is 136 Å². The van der Waals surface area contributed by atoms with Gasteiger partial charge in [-0.25, -0.2) is 0 Å². The number of β-amino-alcohol motifs (C(OH)–C–C–N with tert-alkyl or cyclic N) is 1.